The third-order valence-corrected chi connectivity index (χ3v) is 11.4. The van der Waals surface area contributed by atoms with Crippen molar-refractivity contribution in [3.05, 3.63) is 95.0 Å². The normalized spacial score (nSPS) is 16.5. The summed E-state index contributed by atoms with van der Waals surface area (Å²) in [5, 5.41) is 16.4. The number of aromatic hydroxyl groups is 1. The van der Waals surface area contributed by atoms with Gasteiger partial charge in [0, 0.05) is 74.3 Å². The van der Waals surface area contributed by atoms with Crippen molar-refractivity contribution in [1.82, 2.24) is 39.5 Å². The number of nitrogens with one attached hydrogen (secondary N) is 2. The van der Waals surface area contributed by atoms with E-state index in [0.29, 0.717) is 51.5 Å². The zero-order valence-electron chi connectivity index (χ0n) is 36.3. The Kier molecular flexibility index (Phi) is 16.2. The average Bonchev–Trinajstić information content (AvgIpc) is 3.27. The van der Waals surface area contributed by atoms with Crippen molar-refractivity contribution in [2.75, 3.05) is 78.2 Å². The first kappa shape index (κ1) is 48.4. The Balaban J connectivity index is 0.000000182. The monoisotopic (exact) mass is 954 g/mol. The predicted octanol–water partition coefficient (Wildman–Crippen LogP) is 9.17. The molecule has 21 heteroatoms. The number of carbonyl (C=O) groups excluding carboxylic acids is 2. The zero-order chi connectivity index (χ0) is 46.9. The third-order valence-electron chi connectivity index (χ3n) is 10.6. The van der Waals surface area contributed by atoms with Crippen LogP contribution in [0.2, 0.25) is 10.0 Å². The van der Waals surface area contributed by atoms with Crippen LogP contribution in [-0.4, -0.2) is 136 Å². The molecule has 2 saturated heterocycles. The highest BCUT2D eigenvalue weighted by Gasteiger charge is 2.28. The summed E-state index contributed by atoms with van der Waals surface area (Å²) < 4.78 is 44.5. The number of ether oxygens (including phenoxy) is 3. The molecule has 0 bridgehead atoms. The number of aromatic nitrogens is 4. The maximum absolute atomic E-state index is 14.4. The number of carbonyl (C=O) groups is 2. The van der Waals surface area contributed by atoms with Gasteiger partial charge in [0.15, 0.2) is 34.6 Å². The van der Waals surface area contributed by atoms with E-state index in [2.05, 4.69) is 40.4 Å². The molecule has 2 aliphatic rings. The molecule has 2 aromatic heterocycles. The van der Waals surface area contributed by atoms with Crippen LogP contribution in [0.5, 0.6) is 23.0 Å². The van der Waals surface area contributed by atoms with E-state index in [-0.39, 0.29) is 50.4 Å². The Hall–Kier alpha value is -6.05. The average molecular weight is 956 g/mol. The van der Waals surface area contributed by atoms with E-state index < -0.39 is 17.7 Å². The fourth-order valence-electron chi connectivity index (χ4n) is 7.16. The summed E-state index contributed by atoms with van der Waals surface area (Å²) in [6, 6.07) is 15.8. The van der Waals surface area contributed by atoms with Gasteiger partial charge in [0.25, 0.3) is 0 Å². The topological polar surface area (TPSA) is 171 Å². The molecular weight excluding hydrogens is 909 g/mol. The van der Waals surface area contributed by atoms with Gasteiger partial charge in [-0.05, 0) is 75.9 Å². The number of phenolic OH excluding ortho intramolecular Hbond substituents is 1. The number of piperazine rings is 2. The molecule has 2 aliphatic heterocycles. The van der Waals surface area contributed by atoms with Gasteiger partial charge in [-0.15, -0.1) is 0 Å². The number of hydrogen-bond donors (Lipinski definition) is 3. The molecule has 2 amide bonds. The lowest BCUT2D eigenvalue weighted by Crippen LogP contribution is -2.53. The molecule has 8 rings (SSSR count). The molecule has 0 spiro atoms. The Bertz CT molecular complexity index is 2670. The molecule has 4 aromatic carbocycles. The number of hydrogen-bond acceptors (Lipinski definition) is 14. The molecule has 2 fully saturated rings. The van der Waals surface area contributed by atoms with Gasteiger partial charge in [-0.1, -0.05) is 35.3 Å². The summed E-state index contributed by atoms with van der Waals surface area (Å²) in [5.74, 6) is 0.337. The van der Waals surface area contributed by atoms with Crippen molar-refractivity contribution < 1.29 is 37.7 Å². The SMILES string of the molecule is COc1cc2ncnc(Nc3cccc(Cl)c3F)c2cc1O.COc1cc2ncnc(Nc3cccc(Cl)c3F)c2cc1OC(=O)N1CCN(C)C[C@@H]1C.C[C@H]1CN(C)CCN1C(=O)Cl. The number of anilines is 4. The molecule has 344 valence electrons. The minimum absolute atomic E-state index is 0.00729. The predicted molar refractivity (Wildman–Crippen MR) is 248 cm³/mol. The Morgan fingerprint density at radius 1 is 0.692 bits per heavy atom. The minimum Gasteiger partial charge on any atom is -0.504 e. The fourth-order valence-corrected chi connectivity index (χ4v) is 7.76. The molecule has 0 radical (unpaired) electrons. The summed E-state index contributed by atoms with van der Waals surface area (Å²) in [6.07, 6.45) is 2.23. The summed E-state index contributed by atoms with van der Waals surface area (Å²) in [6.45, 7) is 8.66. The second-order valence-corrected chi connectivity index (χ2v) is 16.3. The highest BCUT2D eigenvalue weighted by Crippen LogP contribution is 2.37. The Labute approximate surface area is 389 Å². The van der Waals surface area contributed by atoms with E-state index in [1.165, 1.54) is 45.1 Å². The number of amides is 2. The van der Waals surface area contributed by atoms with Crippen LogP contribution in [-0.2, 0) is 0 Å². The Morgan fingerprint density at radius 3 is 1.65 bits per heavy atom. The van der Waals surface area contributed by atoms with Crippen LogP contribution in [0.25, 0.3) is 21.8 Å². The quantitative estimate of drug-likeness (QED) is 0.102. The maximum atomic E-state index is 14.4. The van der Waals surface area contributed by atoms with Gasteiger partial charge < -0.3 is 49.6 Å². The summed E-state index contributed by atoms with van der Waals surface area (Å²) in [4.78, 5) is 48.1. The van der Waals surface area contributed by atoms with Gasteiger partial charge in [-0.2, -0.15) is 0 Å². The first-order chi connectivity index (χ1) is 31.1. The highest BCUT2D eigenvalue weighted by molar-refractivity contribution is 6.62. The van der Waals surface area contributed by atoms with Gasteiger partial charge in [0.05, 0.1) is 46.7 Å². The number of likely N-dealkylation sites (N-methyl/N-ethyl adjacent to an activating group) is 2. The lowest BCUT2D eigenvalue weighted by Gasteiger charge is -2.37. The van der Waals surface area contributed by atoms with Crippen molar-refractivity contribution >= 4 is 91.1 Å². The van der Waals surface area contributed by atoms with E-state index in [4.69, 9.17) is 49.0 Å². The Morgan fingerprint density at radius 2 is 1.17 bits per heavy atom. The number of phenols is 1. The number of fused-ring (bicyclic) bond motifs is 2. The molecule has 4 heterocycles. The fraction of sp³-hybridized carbons (Fsp3) is 0.318. The van der Waals surface area contributed by atoms with E-state index in [1.54, 1.807) is 52.3 Å². The largest absolute Gasteiger partial charge is 0.504 e. The highest BCUT2D eigenvalue weighted by atomic mass is 35.5. The van der Waals surface area contributed by atoms with Crippen LogP contribution in [0, 0.1) is 11.6 Å². The molecule has 3 N–H and O–H groups in total. The minimum atomic E-state index is -0.592. The molecule has 0 saturated carbocycles. The van der Waals surface area contributed by atoms with Gasteiger partial charge in [0.1, 0.15) is 24.3 Å². The van der Waals surface area contributed by atoms with E-state index >= 15 is 0 Å². The number of methoxy groups -OCH3 is 2. The third kappa shape index (κ3) is 11.8. The first-order valence-corrected chi connectivity index (χ1v) is 21.3. The second kappa shape index (κ2) is 21.8. The lowest BCUT2D eigenvalue weighted by molar-refractivity contribution is 0.0886. The molecule has 65 heavy (non-hydrogen) atoms. The van der Waals surface area contributed by atoms with Gasteiger partial charge in [0.2, 0.25) is 0 Å². The molecule has 2 atom stereocenters. The van der Waals surface area contributed by atoms with Crippen LogP contribution in [0.4, 0.5) is 41.4 Å². The van der Waals surface area contributed by atoms with Crippen LogP contribution in [0.15, 0.2) is 73.3 Å². The van der Waals surface area contributed by atoms with Gasteiger partial charge in [-0.3, -0.25) is 4.79 Å². The lowest BCUT2D eigenvalue weighted by atomic mass is 10.2. The van der Waals surface area contributed by atoms with Crippen molar-refractivity contribution in [3.63, 3.8) is 0 Å². The van der Waals surface area contributed by atoms with Gasteiger partial charge in [-0.25, -0.2) is 33.5 Å². The van der Waals surface area contributed by atoms with Crippen molar-refractivity contribution in [2.45, 2.75) is 25.9 Å². The van der Waals surface area contributed by atoms with Crippen LogP contribution < -0.4 is 24.8 Å². The van der Waals surface area contributed by atoms with Crippen LogP contribution in [0.1, 0.15) is 13.8 Å². The van der Waals surface area contributed by atoms with Crippen molar-refractivity contribution in [3.8, 4) is 23.0 Å². The summed E-state index contributed by atoms with van der Waals surface area (Å²) in [7, 11) is 7.00. The number of benzene rings is 4. The molecular formula is C44H47Cl3F2N10O6. The number of nitrogens with zero attached hydrogens (tertiary/aromatic N) is 8. The smallest absolute Gasteiger partial charge is 0.415 e. The summed E-state index contributed by atoms with van der Waals surface area (Å²) in [5.41, 5.74) is 1.44. The molecule has 6 aromatic rings. The second-order valence-electron chi connectivity index (χ2n) is 15.2. The molecule has 0 aliphatic carbocycles. The van der Waals surface area contributed by atoms with Crippen LogP contribution in [0.3, 0.4) is 0 Å². The standard InChI is InChI=1S/C22H23ClFN5O3.C15H11ClFN3O2.C7H13ClN2O/c1-13-11-28(2)7-8-29(13)22(30)32-19-9-14-17(10-18(19)31-3)25-12-26-21(14)27-16-6-4-5-15(23)20(16)24;1-22-13-6-11-8(5-12(13)21)15(19-7-18-11)20-10-4-2-3-9(16)14(10)17;1-6-5-9(2)3-4-10(6)7(8)11/h4-6,9-10,12-13H,7-8,11H2,1-3H3,(H,25,26,27);2-7,21H,1H3,(H,18,19,20);6H,3-5H2,1-2H3/t13-;;6-/m0.0/s1. The van der Waals surface area contributed by atoms with E-state index in [0.717, 1.165) is 32.7 Å². The zero-order valence-corrected chi connectivity index (χ0v) is 38.5. The number of rotatable bonds is 7. The molecule has 0 unspecified atom stereocenters. The first-order valence-electron chi connectivity index (χ1n) is 20.2. The summed E-state index contributed by atoms with van der Waals surface area (Å²) >= 11 is 17.0. The molecule has 16 nitrogen and oxygen atoms in total. The van der Waals surface area contributed by atoms with Crippen molar-refractivity contribution in [2.24, 2.45) is 0 Å². The number of halogens is 5. The maximum Gasteiger partial charge on any atom is 0.415 e. The van der Waals surface area contributed by atoms with Crippen molar-refractivity contribution in [1.29, 1.82) is 0 Å². The van der Waals surface area contributed by atoms with E-state index in [1.807, 2.05) is 27.9 Å². The van der Waals surface area contributed by atoms with E-state index in [9.17, 15) is 23.5 Å². The van der Waals surface area contributed by atoms with Crippen LogP contribution >= 0.6 is 34.8 Å². The van der Waals surface area contributed by atoms with Gasteiger partial charge >= 0.3 is 11.5 Å².